The highest BCUT2D eigenvalue weighted by Crippen LogP contribution is 2.75. The van der Waals surface area contributed by atoms with Crippen molar-refractivity contribution >= 4 is 0 Å². The minimum absolute atomic E-state index is 0.553. The lowest BCUT2D eigenvalue weighted by Gasteiger charge is -2.15. The molecule has 1 heterocycles. The van der Waals surface area contributed by atoms with Crippen LogP contribution < -0.4 is 0 Å². The van der Waals surface area contributed by atoms with Crippen LogP contribution in [-0.4, -0.2) is 10.2 Å². The van der Waals surface area contributed by atoms with Crippen molar-refractivity contribution in [3.8, 4) is 0 Å². The third-order valence-electron chi connectivity index (χ3n) is 6.28. The summed E-state index contributed by atoms with van der Waals surface area (Å²) in [6.07, 6.45) is 9.60. The number of aromatic nitrogens is 2. The first-order valence-corrected chi connectivity index (χ1v) is 7.57. The summed E-state index contributed by atoms with van der Waals surface area (Å²) in [5, 5.41) is 9.18. The minimum Gasteiger partial charge on any atom is -0.155 e. The molecule has 2 heteroatoms. The SMILES string of the molecule is CC1(Cc2cc3c(nn2)[C@H]2CC[C@@H]3C23CC3)CC1. The topological polar surface area (TPSA) is 25.8 Å². The van der Waals surface area contributed by atoms with Crippen LogP contribution in [0.5, 0.6) is 0 Å². The van der Waals surface area contributed by atoms with E-state index in [1.807, 2.05) is 0 Å². The molecule has 4 aliphatic rings. The van der Waals surface area contributed by atoms with Gasteiger partial charge in [0.15, 0.2) is 0 Å². The van der Waals surface area contributed by atoms with Gasteiger partial charge in [-0.2, -0.15) is 10.2 Å². The third kappa shape index (κ3) is 1.10. The monoisotopic (exact) mass is 240 g/mol. The Morgan fingerprint density at radius 3 is 2.61 bits per heavy atom. The molecule has 0 radical (unpaired) electrons. The van der Waals surface area contributed by atoms with Crippen LogP contribution in [0.3, 0.4) is 0 Å². The van der Waals surface area contributed by atoms with E-state index < -0.39 is 0 Å². The molecule has 0 unspecified atom stereocenters. The van der Waals surface area contributed by atoms with Gasteiger partial charge in [-0.15, -0.1) is 0 Å². The molecule has 3 fully saturated rings. The van der Waals surface area contributed by atoms with Gasteiger partial charge in [0.05, 0.1) is 11.4 Å². The molecule has 0 aromatic carbocycles. The normalized spacial score (nSPS) is 35.8. The summed E-state index contributed by atoms with van der Waals surface area (Å²) >= 11 is 0. The molecule has 94 valence electrons. The Hall–Kier alpha value is -0.920. The number of hydrogen-bond acceptors (Lipinski definition) is 2. The Kier molecular flexibility index (Phi) is 1.55. The molecular formula is C16H20N2. The van der Waals surface area contributed by atoms with E-state index in [2.05, 4.69) is 23.2 Å². The molecule has 4 aliphatic carbocycles. The van der Waals surface area contributed by atoms with Crippen molar-refractivity contribution < 1.29 is 0 Å². The van der Waals surface area contributed by atoms with Gasteiger partial charge in [-0.25, -0.2) is 0 Å². The first-order chi connectivity index (χ1) is 8.70. The van der Waals surface area contributed by atoms with Gasteiger partial charge >= 0.3 is 0 Å². The lowest BCUT2D eigenvalue weighted by atomic mass is 9.91. The van der Waals surface area contributed by atoms with Crippen molar-refractivity contribution in [3.63, 3.8) is 0 Å². The van der Waals surface area contributed by atoms with Gasteiger partial charge in [-0.05, 0) is 73.3 Å². The summed E-state index contributed by atoms with van der Waals surface area (Å²) in [5.74, 6) is 1.62. The predicted molar refractivity (Wildman–Crippen MR) is 69.5 cm³/mol. The molecule has 18 heavy (non-hydrogen) atoms. The second kappa shape index (κ2) is 2.81. The quantitative estimate of drug-likeness (QED) is 0.789. The zero-order valence-electron chi connectivity index (χ0n) is 11.1. The molecule has 1 spiro atoms. The van der Waals surface area contributed by atoms with Crippen LogP contribution in [0.25, 0.3) is 0 Å². The van der Waals surface area contributed by atoms with E-state index in [0.29, 0.717) is 10.8 Å². The Morgan fingerprint density at radius 1 is 1.11 bits per heavy atom. The molecule has 2 bridgehead atoms. The minimum atomic E-state index is 0.553. The second-order valence-corrected chi connectivity index (χ2v) is 7.58. The zero-order chi connectivity index (χ0) is 12.0. The van der Waals surface area contributed by atoms with Gasteiger partial charge in [0.1, 0.15) is 0 Å². The van der Waals surface area contributed by atoms with Crippen LogP contribution in [-0.2, 0) is 6.42 Å². The molecule has 5 rings (SSSR count). The van der Waals surface area contributed by atoms with Gasteiger partial charge in [-0.1, -0.05) is 6.92 Å². The smallest absolute Gasteiger partial charge is 0.0702 e. The first kappa shape index (κ1) is 9.94. The summed E-state index contributed by atoms with van der Waals surface area (Å²) in [6, 6.07) is 2.43. The summed E-state index contributed by atoms with van der Waals surface area (Å²) < 4.78 is 0. The fourth-order valence-corrected chi connectivity index (χ4v) is 4.79. The summed E-state index contributed by atoms with van der Waals surface area (Å²) in [6.45, 7) is 2.39. The summed E-state index contributed by atoms with van der Waals surface area (Å²) in [4.78, 5) is 0. The van der Waals surface area contributed by atoms with Crippen LogP contribution in [0.15, 0.2) is 6.07 Å². The molecule has 1 aromatic rings. The first-order valence-electron chi connectivity index (χ1n) is 7.57. The number of fused-ring (bicyclic) bond motifs is 3. The number of hydrogen-bond donors (Lipinski definition) is 0. The van der Waals surface area contributed by atoms with Gasteiger partial charge < -0.3 is 0 Å². The molecule has 0 saturated heterocycles. The fraction of sp³-hybridized carbons (Fsp3) is 0.750. The molecule has 0 N–H and O–H groups in total. The van der Waals surface area contributed by atoms with Gasteiger partial charge in [-0.3, -0.25) is 0 Å². The number of nitrogens with zero attached hydrogens (tertiary/aromatic N) is 2. The molecule has 2 atom stereocenters. The molecule has 0 aliphatic heterocycles. The molecular weight excluding hydrogens is 220 g/mol. The lowest BCUT2D eigenvalue weighted by molar-refractivity contribution is 0.456. The maximum absolute atomic E-state index is 4.64. The van der Waals surface area contributed by atoms with Gasteiger partial charge in [0, 0.05) is 5.92 Å². The average molecular weight is 240 g/mol. The molecule has 2 nitrogen and oxygen atoms in total. The van der Waals surface area contributed by atoms with E-state index in [1.54, 1.807) is 5.56 Å². The number of rotatable bonds is 2. The average Bonchev–Trinajstić information content (AvgIpc) is 3.22. The zero-order valence-corrected chi connectivity index (χ0v) is 11.1. The third-order valence-corrected chi connectivity index (χ3v) is 6.28. The van der Waals surface area contributed by atoms with E-state index in [-0.39, 0.29) is 0 Å². The molecule has 0 amide bonds. The maximum atomic E-state index is 4.64. The maximum Gasteiger partial charge on any atom is 0.0702 e. The van der Waals surface area contributed by atoms with E-state index in [4.69, 9.17) is 0 Å². The van der Waals surface area contributed by atoms with Crippen LogP contribution in [0.2, 0.25) is 0 Å². The second-order valence-electron chi connectivity index (χ2n) is 7.58. The predicted octanol–water partition coefficient (Wildman–Crippen LogP) is 3.57. The van der Waals surface area contributed by atoms with Gasteiger partial charge in [0.25, 0.3) is 0 Å². The highest BCUT2D eigenvalue weighted by Gasteiger charge is 2.64. The Labute approximate surface area is 108 Å². The van der Waals surface area contributed by atoms with Crippen LogP contribution in [0, 0.1) is 10.8 Å². The van der Waals surface area contributed by atoms with Crippen LogP contribution in [0.4, 0.5) is 0 Å². The lowest BCUT2D eigenvalue weighted by Crippen LogP contribution is -2.08. The van der Waals surface area contributed by atoms with Crippen molar-refractivity contribution in [2.75, 3.05) is 0 Å². The summed E-state index contributed by atoms with van der Waals surface area (Å²) in [5.41, 5.74) is 5.46. The van der Waals surface area contributed by atoms with Gasteiger partial charge in [0.2, 0.25) is 0 Å². The van der Waals surface area contributed by atoms with Crippen molar-refractivity contribution in [3.05, 3.63) is 23.0 Å². The van der Waals surface area contributed by atoms with E-state index >= 15 is 0 Å². The largest absolute Gasteiger partial charge is 0.155 e. The van der Waals surface area contributed by atoms with Crippen molar-refractivity contribution in [2.24, 2.45) is 10.8 Å². The molecule has 1 aromatic heterocycles. The standard InChI is InChI=1S/C16H20N2/c1-15(4-5-15)9-10-8-11-12-2-3-13(14(11)18-17-10)16(12)6-7-16/h8,12-13H,2-7,9H2,1H3/t12-,13+/m0/s1. The van der Waals surface area contributed by atoms with E-state index in [1.165, 1.54) is 49.9 Å². The van der Waals surface area contributed by atoms with Crippen molar-refractivity contribution in [1.82, 2.24) is 10.2 Å². The van der Waals surface area contributed by atoms with Crippen molar-refractivity contribution in [1.29, 1.82) is 0 Å². The highest BCUT2D eigenvalue weighted by molar-refractivity contribution is 5.44. The van der Waals surface area contributed by atoms with E-state index in [9.17, 15) is 0 Å². The Bertz CT molecular complexity index is 540. The Balaban J connectivity index is 1.56. The van der Waals surface area contributed by atoms with Crippen LogP contribution in [0.1, 0.15) is 74.2 Å². The fourth-order valence-electron chi connectivity index (χ4n) is 4.79. The van der Waals surface area contributed by atoms with Crippen LogP contribution >= 0.6 is 0 Å². The van der Waals surface area contributed by atoms with Crippen molar-refractivity contribution in [2.45, 2.75) is 63.7 Å². The highest BCUT2D eigenvalue weighted by atomic mass is 15.1. The van der Waals surface area contributed by atoms with E-state index in [0.717, 1.165) is 18.3 Å². The Morgan fingerprint density at radius 2 is 1.89 bits per heavy atom. The summed E-state index contributed by atoms with van der Waals surface area (Å²) in [7, 11) is 0. The molecule has 3 saturated carbocycles.